The summed E-state index contributed by atoms with van der Waals surface area (Å²) in [6.45, 7) is 5.43. The molecule has 0 amide bonds. The number of rotatable bonds is 5. The van der Waals surface area contributed by atoms with E-state index in [0.29, 0.717) is 13.2 Å². The molecule has 2 heterocycles. The number of ether oxygens (including phenoxy) is 1. The summed E-state index contributed by atoms with van der Waals surface area (Å²) in [5, 5.41) is 4.38. The molecule has 3 aromatic rings. The Morgan fingerprint density at radius 1 is 1.00 bits per heavy atom. The predicted octanol–water partition coefficient (Wildman–Crippen LogP) is 3.64. The Kier molecular flexibility index (Phi) is 4.19. The van der Waals surface area contributed by atoms with Gasteiger partial charge in [0.05, 0.1) is 12.2 Å². The minimum atomic E-state index is 0.587. The lowest BCUT2D eigenvalue weighted by molar-refractivity contribution is 0.290. The molecule has 0 saturated carbocycles. The predicted molar refractivity (Wildman–Crippen MR) is 86.9 cm³/mol. The van der Waals surface area contributed by atoms with Crippen LogP contribution in [0.15, 0.2) is 55.0 Å². The molecular formula is C18H19N3O. The van der Waals surface area contributed by atoms with Crippen LogP contribution in [0.5, 0.6) is 5.75 Å². The van der Waals surface area contributed by atoms with Crippen LogP contribution in [0.2, 0.25) is 0 Å². The van der Waals surface area contributed by atoms with Gasteiger partial charge in [0, 0.05) is 24.2 Å². The number of hydrogen-bond donors (Lipinski definition) is 0. The van der Waals surface area contributed by atoms with Gasteiger partial charge in [0.1, 0.15) is 12.4 Å². The molecule has 0 aliphatic rings. The van der Waals surface area contributed by atoms with Crippen LogP contribution >= 0.6 is 0 Å². The molecular weight excluding hydrogens is 274 g/mol. The molecule has 22 heavy (non-hydrogen) atoms. The molecule has 0 radical (unpaired) electrons. The van der Waals surface area contributed by atoms with Crippen LogP contribution in [0, 0.1) is 13.8 Å². The lowest BCUT2D eigenvalue weighted by Gasteiger charge is -2.11. The van der Waals surface area contributed by atoms with E-state index in [-0.39, 0.29) is 0 Å². The first-order chi connectivity index (χ1) is 10.7. The first-order valence-corrected chi connectivity index (χ1v) is 7.36. The zero-order chi connectivity index (χ0) is 15.4. The minimum absolute atomic E-state index is 0.587. The van der Waals surface area contributed by atoms with E-state index in [1.54, 1.807) is 12.4 Å². The summed E-state index contributed by atoms with van der Waals surface area (Å²) in [4.78, 5) is 4.05. The Morgan fingerprint density at radius 2 is 1.82 bits per heavy atom. The van der Waals surface area contributed by atoms with Crippen LogP contribution in [0.4, 0.5) is 0 Å². The van der Waals surface area contributed by atoms with Crippen molar-refractivity contribution in [2.24, 2.45) is 0 Å². The van der Waals surface area contributed by atoms with Crippen LogP contribution in [-0.4, -0.2) is 21.4 Å². The fourth-order valence-electron chi connectivity index (χ4n) is 2.38. The van der Waals surface area contributed by atoms with Crippen LogP contribution in [-0.2, 0) is 6.54 Å². The second-order valence-corrected chi connectivity index (χ2v) is 5.29. The Bertz CT molecular complexity index is 750. The summed E-state index contributed by atoms with van der Waals surface area (Å²) in [5.74, 6) is 0.942. The third kappa shape index (κ3) is 3.17. The van der Waals surface area contributed by atoms with Gasteiger partial charge in [-0.25, -0.2) is 0 Å². The number of nitrogens with zero attached hydrogens (tertiary/aromatic N) is 3. The van der Waals surface area contributed by atoms with Crippen LogP contribution in [0.3, 0.4) is 0 Å². The van der Waals surface area contributed by atoms with Gasteiger partial charge >= 0.3 is 0 Å². The third-order valence-electron chi connectivity index (χ3n) is 3.60. The number of hydrogen-bond acceptors (Lipinski definition) is 3. The number of aryl methyl sites for hydroxylation is 2. The van der Waals surface area contributed by atoms with Crippen molar-refractivity contribution in [2.45, 2.75) is 20.4 Å². The smallest absolute Gasteiger partial charge is 0.122 e. The molecule has 0 aliphatic heterocycles. The minimum Gasteiger partial charge on any atom is -0.491 e. The Labute approximate surface area is 130 Å². The van der Waals surface area contributed by atoms with E-state index in [2.05, 4.69) is 42.1 Å². The lowest BCUT2D eigenvalue weighted by atomic mass is 10.1. The Hall–Kier alpha value is -2.62. The van der Waals surface area contributed by atoms with Crippen molar-refractivity contribution in [1.82, 2.24) is 14.8 Å². The van der Waals surface area contributed by atoms with Gasteiger partial charge in [-0.1, -0.05) is 12.1 Å². The van der Waals surface area contributed by atoms with E-state index in [4.69, 9.17) is 4.74 Å². The van der Waals surface area contributed by atoms with E-state index in [1.165, 1.54) is 5.56 Å². The van der Waals surface area contributed by atoms with E-state index >= 15 is 0 Å². The maximum absolute atomic E-state index is 5.91. The summed E-state index contributed by atoms with van der Waals surface area (Å²) < 4.78 is 7.87. The summed E-state index contributed by atoms with van der Waals surface area (Å²) in [6.07, 6.45) is 5.40. The molecule has 1 aromatic carbocycles. The van der Waals surface area contributed by atoms with Crippen molar-refractivity contribution in [3.05, 3.63) is 66.1 Å². The molecule has 0 fully saturated rings. The largest absolute Gasteiger partial charge is 0.491 e. The standard InChI is InChI=1S/C18H19N3O/c1-14-3-4-15(2)18(13-14)22-12-11-21-17(7-10-20-21)16-5-8-19-9-6-16/h3-10,13H,11-12H2,1-2H3. The molecule has 0 spiro atoms. The van der Waals surface area contributed by atoms with E-state index in [0.717, 1.165) is 22.6 Å². The maximum Gasteiger partial charge on any atom is 0.122 e. The quantitative estimate of drug-likeness (QED) is 0.721. The molecule has 4 heteroatoms. The van der Waals surface area contributed by atoms with Crippen molar-refractivity contribution < 1.29 is 4.74 Å². The average molecular weight is 293 g/mol. The molecule has 3 rings (SSSR count). The van der Waals surface area contributed by atoms with E-state index in [9.17, 15) is 0 Å². The van der Waals surface area contributed by atoms with Gasteiger partial charge in [0.15, 0.2) is 0 Å². The number of pyridine rings is 1. The number of aromatic nitrogens is 3. The first-order valence-electron chi connectivity index (χ1n) is 7.36. The highest BCUT2D eigenvalue weighted by molar-refractivity contribution is 5.58. The van der Waals surface area contributed by atoms with Gasteiger partial charge < -0.3 is 4.74 Å². The van der Waals surface area contributed by atoms with Gasteiger partial charge in [-0.2, -0.15) is 5.10 Å². The molecule has 0 N–H and O–H groups in total. The van der Waals surface area contributed by atoms with Crippen molar-refractivity contribution >= 4 is 0 Å². The summed E-state index contributed by atoms with van der Waals surface area (Å²) in [5.41, 5.74) is 4.55. The molecule has 112 valence electrons. The zero-order valence-corrected chi connectivity index (χ0v) is 12.9. The SMILES string of the molecule is Cc1ccc(C)c(OCCn2nccc2-c2ccncc2)c1. The summed E-state index contributed by atoms with van der Waals surface area (Å²) >= 11 is 0. The topological polar surface area (TPSA) is 39.9 Å². The first kappa shape index (κ1) is 14.3. The van der Waals surface area contributed by atoms with Crippen molar-refractivity contribution in [2.75, 3.05) is 6.61 Å². The third-order valence-corrected chi connectivity index (χ3v) is 3.60. The normalized spacial score (nSPS) is 10.6. The van der Waals surface area contributed by atoms with Crippen molar-refractivity contribution in [1.29, 1.82) is 0 Å². The zero-order valence-electron chi connectivity index (χ0n) is 12.9. The van der Waals surface area contributed by atoms with Crippen LogP contribution in [0.25, 0.3) is 11.3 Å². The highest BCUT2D eigenvalue weighted by atomic mass is 16.5. The van der Waals surface area contributed by atoms with Crippen LogP contribution < -0.4 is 4.74 Å². The van der Waals surface area contributed by atoms with Gasteiger partial charge in [-0.05, 0) is 49.2 Å². The van der Waals surface area contributed by atoms with Gasteiger partial charge in [-0.3, -0.25) is 9.67 Å². The fourth-order valence-corrected chi connectivity index (χ4v) is 2.38. The van der Waals surface area contributed by atoms with E-state index in [1.807, 2.05) is 29.1 Å². The molecule has 4 nitrogen and oxygen atoms in total. The van der Waals surface area contributed by atoms with Gasteiger partial charge in [-0.15, -0.1) is 0 Å². The van der Waals surface area contributed by atoms with Crippen LogP contribution in [0.1, 0.15) is 11.1 Å². The molecule has 0 bridgehead atoms. The second-order valence-electron chi connectivity index (χ2n) is 5.29. The Morgan fingerprint density at radius 3 is 2.64 bits per heavy atom. The van der Waals surface area contributed by atoms with Gasteiger partial charge in [0.25, 0.3) is 0 Å². The maximum atomic E-state index is 5.91. The van der Waals surface area contributed by atoms with Gasteiger partial charge in [0.2, 0.25) is 0 Å². The summed E-state index contributed by atoms with van der Waals surface area (Å²) in [6, 6.07) is 12.2. The highest BCUT2D eigenvalue weighted by Crippen LogP contribution is 2.20. The van der Waals surface area contributed by atoms with E-state index < -0.39 is 0 Å². The van der Waals surface area contributed by atoms with Crippen molar-refractivity contribution in [3.63, 3.8) is 0 Å². The molecule has 0 saturated heterocycles. The fraction of sp³-hybridized carbons (Fsp3) is 0.222. The lowest BCUT2D eigenvalue weighted by Crippen LogP contribution is -2.11. The molecule has 0 unspecified atom stereocenters. The average Bonchev–Trinajstić information content (AvgIpc) is 3.00. The van der Waals surface area contributed by atoms with Crippen molar-refractivity contribution in [3.8, 4) is 17.0 Å². The Balaban J connectivity index is 1.68. The number of benzene rings is 1. The second kappa shape index (κ2) is 6.43. The summed E-state index contributed by atoms with van der Waals surface area (Å²) in [7, 11) is 0. The molecule has 2 aromatic heterocycles. The monoisotopic (exact) mass is 293 g/mol. The highest BCUT2D eigenvalue weighted by Gasteiger charge is 2.06. The molecule has 0 aliphatic carbocycles. The molecule has 0 atom stereocenters.